The maximum Gasteiger partial charge on any atom is 0.243 e. The SMILES string of the molecule is Cc1ccc(S(=O)(=O)N2C[C@H]3[C@@H](Nc4ccccc4C3(C)C)[C@@H]2Cc2ccccc2)cc1. The molecule has 0 spiro atoms. The molecule has 1 fully saturated rings. The number of hydrogen-bond acceptors (Lipinski definition) is 3. The zero-order valence-electron chi connectivity index (χ0n) is 18.8. The highest BCUT2D eigenvalue weighted by Gasteiger charge is 2.54. The molecule has 32 heavy (non-hydrogen) atoms. The summed E-state index contributed by atoms with van der Waals surface area (Å²) in [7, 11) is -3.63. The summed E-state index contributed by atoms with van der Waals surface area (Å²) in [6.45, 7) is 6.99. The molecular weight excluding hydrogens is 416 g/mol. The molecule has 0 saturated carbocycles. The van der Waals surface area contributed by atoms with Crippen molar-refractivity contribution >= 4 is 15.7 Å². The Bertz CT molecular complexity index is 1220. The first-order chi connectivity index (χ1) is 15.3. The Labute approximate surface area is 191 Å². The van der Waals surface area contributed by atoms with Gasteiger partial charge in [0.05, 0.1) is 4.90 Å². The van der Waals surface area contributed by atoms with Crippen LogP contribution in [0.3, 0.4) is 0 Å². The maximum atomic E-state index is 13.9. The van der Waals surface area contributed by atoms with E-state index in [1.165, 1.54) is 5.56 Å². The highest BCUT2D eigenvalue weighted by molar-refractivity contribution is 7.89. The Morgan fingerprint density at radius 2 is 1.59 bits per heavy atom. The lowest BCUT2D eigenvalue weighted by Gasteiger charge is -2.43. The van der Waals surface area contributed by atoms with Gasteiger partial charge < -0.3 is 5.32 Å². The van der Waals surface area contributed by atoms with Gasteiger partial charge >= 0.3 is 0 Å². The molecule has 2 aliphatic rings. The molecule has 1 N–H and O–H groups in total. The van der Waals surface area contributed by atoms with Crippen LogP contribution in [0.15, 0.2) is 83.8 Å². The average molecular weight is 447 g/mol. The normalized spacial score (nSPS) is 24.4. The molecule has 0 amide bonds. The lowest BCUT2D eigenvalue weighted by molar-refractivity contribution is 0.302. The highest BCUT2D eigenvalue weighted by Crippen LogP contribution is 2.49. The van der Waals surface area contributed by atoms with Crippen LogP contribution in [0.2, 0.25) is 0 Å². The van der Waals surface area contributed by atoms with E-state index in [0.717, 1.165) is 16.8 Å². The molecule has 0 bridgehead atoms. The molecule has 3 aromatic rings. The number of fused-ring (bicyclic) bond motifs is 2. The highest BCUT2D eigenvalue weighted by atomic mass is 32.2. The molecule has 2 aliphatic heterocycles. The summed E-state index contributed by atoms with van der Waals surface area (Å²) in [5.41, 5.74) is 4.44. The molecule has 4 nitrogen and oxygen atoms in total. The molecule has 2 heterocycles. The summed E-state index contributed by atoms with van der Waals surface area (Å²) in [5.74, 6) is 0.173. The third-order valence-electron chi connectivity index (χ3n) is 7.38. The smallest absolute Gasteiger partial charge is 0.243 e. The molecule has 5 heteroatoms. The average Bonchev–Trinajstić information content (AvgIpc) is 3.15. The first-order valence-corrected chi connectivity index (χ1v) is 12.7. The standard InChI is InChI=1S/C27H30N2O2S/c1-19-13-15-21(16-14-19)32(30,31)29-18-23-26(25(29)17-20-9-5-4-6-10-20)28-24-12-8-7-11-22(24)27(23,2)3/h4-16,23,25-26,28H,17-18H2,1-3H3/t23-,25-,26+/m0/s1. The van der Waals surface area contributed by atoms with E-state index in [2.05, 4.69) is 49.5 Å². The number of sulfonamides is 1. The molecule has 166 valence electrons. The molecule has 3 aromatic carbocycles. The van der Waals surface area contributed by atoms with Crippen LogP contribution in [0.25, 0.3) is 0 Å². The summed E-state index contributed by atoms with van der Waals surface area (Å²) >= 11 is 0. The van der Waals surface area contributed by atoms with Crippen molar-refractivity contribution in [1.82, 2.24) is 4.31 Å². The van der Waals surface area contributed by atoms with Crippen LogP contribution in [0.5, 0.6) is 0 Å². The van der Waals surface area contributed by atoms with E-state index < -0.39 is 10.0 Å². The first kappa shape index (κ1) is 21.2. The molecule has 3 atom stereocenters. The van der Waals surface area contributed by atoms with Gasteiger partial charge in [0.15, 0.2) is 0 Å². The van der Waals surface area contributed by atoms with Gasteiger partial charge in [0.2, 0.25) is 10.0 Å². The molecular formula is C27H30N2O2S. The number of benzene rings is 3. The Hall–Kier alpha value is -2.63. The van der Waals surface area contributed by atoms with Crippen molar-refractivity contribution in [1.29, 1.82) is 0 Å². The van der Waals surface area contributed by atoms with Gasteiger partial charge in [-0.3, -0.25) is 0 Å². The number of rotatable bonds is 4. The van der Waals surface area contributed by atoms with Gasteiger partial charge in [-0.2, -0.15) is 4.31 Å². The number of hydrogen-bond donors (Lipinski definition) is 1. The minimum atomic E-state index is -3.63. The van der Waals surface area contributed by atoms with Crippen molar-refractivity contribution in [2.45, 2.75) is 49.6 Å². The second-order valence-electron chi connectivity index (χ2n) is 9.69. The lowest BCUT2D eigenvalue weighted by Crippen LogP contribution is -2.49. The van der Waals surface area contributed by atoms with E-state index in [1.54, 1.807) is 16.4 Å². The predicted octanol–water partition coefficient (Wildman–Crippen LogP) is 5.00. The van der Waals surface area contributed by atoms with Gasteiger partial charge in [0.25, 0.3) is 0 Å². The lowest BCUT2D eigenvalue weighted by atomic mass is 9.67. The topological polar surface area (TPSA) is 49.4 Å². The second-order valence-corrected chi connectivity index (χ2v) is 11.6. The second kappa shape index (κ2) is 7.75. The van der Waals surface area contributed by atoms with E-state index in [-0.39, 0.29) is 23.4 Å². The van der Waals surface area contributed by atoms with Crippen molar-refractivity contribution in [3.63, 3.8) is 0 Å². The van der Waals surface area contributed by atoms with Crippen LogP contribution in [0.4, 0.5) is 5.69 Å². The van der Waals surface area contributed by atoms with E-state index in [4.69, 9.17) is 0 Å². The molecule has 0 aliphatic carbocycles. The third-order valence-corrected chi connectivity index (χ3v) is 9.29. The van der Waals surface area contributed by atoms with Crippen LogP contribution in [0.1, 0.15) is 30.5 Å². The fourth-order valence-electron chi connectivity index (χ4n) is 5.52. The van der Waals surface area contributed by atoms with Gasteiger partial charge in [0, 0.05) is 30.2 Å². The first-order valence-electron chi connectivity index (χ1n) is 11.3. The van der Waals surface area contributed by atoms with E-state index in [9.17, 15) is 8.42 Å². The van der Waals surface area contributed by atoms with E-state index in [0.29, 0.717) is 17.9 Å². The van der Waals surface area contributed by atoms with Crippen LogP contribution >= 0.6 is 0 Å². The Morgan fingerprint density at radius 1 is 0.938 bits per heavy atom. The Balaban J connectivity index is 1.60. The van der Waals surface area contributed by atoms with Crippen LogP contribution < -0.4 is 5.32 Å². The van der Waals surface area contributed by atoms with Crippen molar-refractivity contribution in [2.24, 2.45) is 5.92 Å². The van der Waals surface area contributed by atoms with Crippen LogP contribution in [-0.4, -0.2) is 31.4 Å². The zero-order valence-corrected chi connectivity index (χ0v) is 19.6. The number of anilines is 1. The number of para-hydroxylation sites is 1. The monoisotopic (exact) mass is 446 g/mol. The predicted molar refractivity (Wildman–Crippen MR) is 129 cm³/mol. The van der Waals surface area contributed by atoms with Crippen molar-refractivity contribution in [2.75, 3.05) is 11.9 Å². The fourth-order valence-corrected chi connectivity index (χ4v) is 7.19. The number of nitrogens with one attached hydrogen (secondary N) is 1. The Morgan fingerprint density at radius 3 is 2.31 bits per heavy atom. The van der Waals surface area contributed by atoms with E-state index in [1.807, 2.05) is 43.3 Å². The summed E-state index contributed by atoms with van der Waals surface area (Å²) in [6, 6.07) is 25.7. The number of aryl methyl sites for hydroxylation is 1. The summed E-state index contributed by atoms with van der Waals surface area (Å²) < 4.78 is 29.5. The van der Waals surface area contributed by atoms with Gasteiger partial charge in [-0.05, 0) is 48.1 Å². The van der Waals surface area contributed by atoms with Gasteiger partial charge in [-0.25, -0.2) is 8.42 Å². The van der Waals surface area contributed by atoms with E-state index >= 15 is 0 Å². The minimum Gasteiger partial charge on any atom is -0.380 e. The minimum absolute atomic E-state index is 0.0420. The molecule has 5 rings (SSSR count). The van der Waals surface area contributed by atoms with Crippen LogP contribution in [-0.2, 0) is 21.9 Å². The van der Waals surface area contributed by atoms with Crippen molar-refractivity contribution in [3.05, 3.63) is 95.6 Å². The van der Waals surface area contributed by atoms with Gasteiger partial charge in [0.1, 0.15) is 0 Å². The zero-order chi connectivity index (χ0) is 22.5. The summed E-state index contributed by atoms with van der Waals surface area (Å²) in [5, 5.41) is 3.74. The fraction of sp³-hybridized carbons (Fsp3) is 0.333. The molecule has 1 saturated heterocycles. The Kier molecular flexibility index (Phi) is 5.14. The van der Waals surface area contributed by atoms with Crippen LogP contribution in [0, 0.1) is 12.8 Å². The van der Waals surface area contributed by atoms with Gasteiger partial charge in [-0.15, -0.1) is 0 Å². The molecule has 0 unspecified atom stereocenters. The quantitative estimate of drug-likeness (QED) is 0.614. The van der Waals surface area contributed by atoms with Gasteiger partial charge in [-0.1, -0.05) is 80.1 Å². The molecule has 0 aromatic heterocycles. The van der Waals surface area contributed by atoms with Crippen molar-refractivity contribution < 1.29 is 8.42 Å². The largest absolute Gasteiger partial charge is 0.380 e. The maximum absolute atomic E-state index is 13.9. The number of nitrogens with zero attached hydrogens (tertiary/aromatic N) is 1. The molecule has 0 radical (unpaired) electrons. The third kappa shape index (κ3) is 3.44. The van der Waals surface area contributed by atoms with Crippen molar-refractivity contribution in [3.8, 4) is 0 Å². The summed E-state index contributed by atoms with van der Waals surface area (Å²) in [4.78, 5) is 0.370. The summed E-state index contributed by atoms with van der Waals surface area (Å²) in [6.07, 6.45) is 0.679.